The third-order valence-electron chi connectivity index (χ3n) is 3.36. The van der Waals surface area contributed by atoms with Crippen LogP contribution >= 0.6 is 0 Å². The minimum absolute atomic E-state index is 0.409. The van der Waals surface area contributed by atoms with Gasteiger partial charge in [-0.25, -0.2) is 9.97 Å². The zero-order valence-corrected chi connectivity index (χ0v) is 10.6. The van der Waals surface area contributed by atoms with E-state index in [1.807, 2.05) is 6.07 Å². The van der Waals surface area contributed by atoms with Gasteiger partial charge >= 0.3 is 0 Å². The van der Waals surface area contributed by atoms with Crippen LogP contribution in [0.1, 0.15) is 24.1 Å². The van der Waals surface area contributed by atoms with Crippen molar-refractivity contribution in [2.45, 2.75) is 19.3 Å². The average molecular weight is 250 g/mol. The number of aryl methyl sites for hydroxylation is 1. The van der Waals surface area contributed by atoms with Crippen LogP contribution in [0.2, 0.25) is 0 Å². The molecule has 1 aliphatic rings. The fourth-order valence-electron chi connectivity index (χ4n) is 2.44. The lowest BCUT2D eigenvalue weighted by Crippen LogP contribution is -2.20. The second kappa shape index (κ2) is 5.07. The Morgan fingerprint density at radius 3 is 2.95 bits per heavy atom. The maximum atomic E-state index is 8.95. The number of benzene rings is 1. The van der Waals surface area contributed by atoms with Crippen LogP contribution in [-0.4, -0.2) is 16.5 Å². The predicted molar refractivity (Wildman–Crippen MR) is 73.1 cm³/mol. The summed E-state index contributed by atoms with van der Waals surface area (Å²) in [6, 6.07) is 12.1. The fraction of sp³-hybridized carbons (Fsp3) is 0.267. The van der Waals surface area contributed by atoms with Gasteiger partial charge in [0.05, 0.1) is 0 Å². The molecule has 0 bridgehead atoms. The van der Waals surface area contributed by atoms with Crippen LogP contribution in [0.4, 0.5) is 11.6 Å². The van der Waals surface area contributed by atoms with E-state index in [1.54, 1.807) is 12.3 Å². The van der Waals surface area contributed by atoms with Gasteiger partial charge in [0.15, 0.2) is 0 Å². The molecule has 3 rings (SSSR count). The lowest BCUT2D eigenvalue weighted by Gasteiger charge is -2.22. The predicted octanol–water partition coefficient (Wildman–Crippen LogP) is 2.82. The van der Waals surface area contributed by atoms with Gasteiger partial charge in [-0.15, -0.1) is 0 Å². The molecule has 1 aromatic carbocycles. The minimum atomic E-state index is 0.409. The highest BCUT2D eigenvalue weighted by Gasteiger charge is 2.18. The number of aromatic nitrogens is 2. The highest BCUT2D eigenvalue weighted by atomic mass is 15.3. The molecule has 0 unspecified atom stereocenters. The molecule has 2 aromatic rings. The van der Waals surface area contributed by atoms with E-state index in [0.29, 0.717) is 11.6 Å². The highest BCUT2D eigenvalue weighted by Crippen LogP contribution is 2.30. The summed E-state index contributed by atoms with van der Waals surface area (Å²) in [5.41, 5.74) is 2.90. The van der Waals surface area contributed by atoms with E-state index in [4.69, 9.17) is 5.26 Å². The standard InChI is InChI=1S/C15H14N4/c16-11-13-8-9-17-15(18-13)19-10-4-3-6-12-5-1-2-7-14(12)19/h1-2,5,7-9H,3-4,6,10H2. The molecule has 0 saturated heterocycles. The molecule has 1 aromatic heterocycles. The van der Waals surface area contributed by atoms with Crippen LogP contribution in [0.15, 0.2) is 36.5 Å². The summed E-state index contributed by atoms with van der Waals surface area (Å²) in [6.45, 7) is 0.895. The van der Waals surface area contributed by atoms with Gasteiger partial charge < -0.3 is 4.90 Å². The SMILES string of the molecule is N#Cc1ccnc(N2CCCCc3ccccc32)n1. The fourth-order valence-corrected chi connectivity index (χ4v) is 2.44. The molecule has 0 atom stereocenters. The number of nitriles is 1. The topological polar surface area (TPSA) is 52.8 Å². The number of para-hydroxylation sites is 1. The molecule has 0 fully saturated rings. The maximum Gasteiger partial charge on any atom is 0.231 e. The number of fused-ring (bicyclic) bond motifs is 1. The van der Waals surface area contributed by atoms with Crippen LogP contribution < -0.4 is 4.90 Å². The van der Waals surface area contributed by atoms with Gasteiger partial charge in [-0.3, -0.25) is 0 Å². The molecule has 0 saturated carbocycles. The molecule has 94 valence electrons. The molecule has 0 aliphatic carbocycles. The van der Waals surface area contributed by atoms with Crippen molar-refractivity contribution in [2.24, 2.45) is 0 Å². The van der Waals surface area contributed by atoms with E-state index in [9.17, 15) is 0 Å². The van der Waals surface area contributed by atoms with Crippen molar-refractivity contribution in [3.05, 3.63) is 47.8 Å². The monoisotopic (exact) mass is 250 g/mol. The molecule has 1 aliphatic heterocycles. The zero-order valence-electron chi connectivity index (χ0n) is 10.6. The van der Waals surface area contributed by atoms with Crippen molar-refractivity contribution < 1.29 is 0 Å². The molecule has 19 heavy (non-hydrogen) atoms. The van der Waals surface area contributed by atoms with E-state index in [1.165, 1.54) is 12.0 Å². The Kier molecular flexibility index (Phi) is 3.11. The van der Waals surface area contributed by atoms with Crippen molar-refractivity contribution in [1.29, 1.82) is 5.26 Å². The van der Waals surface area contributed by atoms with Crippen LogP contribution in [0.5, 0.6) is 0 Å². The van der Waals surface area contributed by atoms with Crippen LogP contribution in [0.25, 0.3) is 0 Å². The molecule has 4 heteroatoms. The normalized spacial score (nSPS) is 14.4. The Bertz CT molecular complexity index is 630. The van der Waals surface area contributed by atoms with Crippen molar-refractivity contribution in [3.63, 3.8) is 0 Å². The van der Waals surface area contributed by atoms with E-state index >= 15 is 0 Å². The summed E-state index contributed by atoms with van der Waals surface area (Å²) >= 11 is 0. The quantitative estimate of drug-likeness (QED) is 0.781. The van der Waals surface area contributed by atoms with E-state index in [-0.39, 0.29) is 0 Å². The number of hydrogen-bond donors (Lipinski definition) is 0. The first-order chi connectivity index (χ1) is 9.38. The summed E-state index contributed by atoms with van der Waals surface area (Å²) in [4.78, 5) is 10.7. The Hall–Kier alpha value is -2.41. The first-order valence-corrected chi connectivity index (χ1v) is 6.47. The first kappa shape index (κ1) is 11.7. The van der Waals surface area contributed by atoms with E-state index in [2.05, 4.69) is 39.1 Å². The molecule has 0 spiro atoms. The number of hydrogen-bond acceptors (Lipinski definition) is 4. The van der Waals surface area contributed by atoms with Gasteiger partial charge in [-0.05, 0) is 37.0 Å². The molecule has 2 heterocycles. The second-order valence-electron chi connectivity index (χ2n) is 4.59. The summed E-state index contributed by atoms with van der Waals surface area (Å²) in [6.07, 6.45) is 5.01. The van der Waals surface area contributed by atoms with Gasteiger partial charge in [-0.1, -0.05) is 18.2 Å². The number of anilines is 2. The lowest BCUT2D eigenvalue weighted by molar-refractivity contribution is 0.752. The van der Waals surface area contributed by atoms with Crippen LogP contribution in [-0.2, 0) is 6.42 Å². The summed E-state index contributed by atoms with van der Waals surface area (Å²) in [7, 11) is 0. The van der Waals surface area contributed by atoms with Crippen molar-refractivity contribution in [1.82, 2.24) is 9.97 Å². The molecular weight excluding hydrogens is 236 g/mol. The van der Waals surface area contributed by atoms with Gasteiger partial charge in [0.1, 0.15) is 11.8 Å². The number of nitrogens with zero attached hydrogens (tertiary/aromatic N) is 4. The third-order valence-corrected chi connectivity index (χ3v) is 3.36. The Labute approximate surface area is 112 Å². The van der Waals surface area contributed by atoms with Gasteiger partial charge in [0.25, 0.3) is 0 Å². The van der Waals surface area contributed by atoms with Gasteiger partial charge in [0.2, 0.25) is 5.95 Å². The van der Waals surface area contributed by atoms with E-state index < -0.39 is 0 Å². The summed E-state index contributed by atoms with van der Waals surface area (Å²) in [5.74, 6) is 0.619. The Morgan fingerprint density at radius 1 is 1.16 bits per heavy atom. The van der Waals surface area contributed by atoms with Crippen molar-refractivity contribution >= 4 is 11.6 Å². The van der Waals surface area contributed by atoms with Gasteiger partial charge in [-0.2, -0.15) is 5.26 Å². The lowest BCUT2D eigenvalue weighted by atomic mass is 10.1. The van der Waals surface area contributed by atoms with Crippen molar-refractivity contribution in [3.8, 4) is 6.07 Å². The van der Waals surface area contributed by atoms with Gasteiger partial charge in [0, 0.05) is 18.4 Å². The highest BCUT2D eigenvalue weighted by molar-refractivity contribution is 5.62. The number of rotatable bonds is 1. The Morgan fingerprint density at radius 2 is 2.05 bits per heavy atom. The largest absolute Gasteiger partial charge is 0.310 e. The summed E-state index contributed by atoms with van der Waals surface area (Å²) in [5, 5.41) is 8.95. The second-order valence-corrected chi connectivity index (χ2v) is 4.59. The maximum absolute atomic E-state index is 8.95. The van der Waals surface area contributed by atoms with Crippen molar-refractivity contribution in [2.75, 3.05) is 11.4 Å². The first-order valence-electron chi connectivity index (χ1n) is 6.47. The molecule has 0 N–H and O–H groups in total. The van der Waals surface area contributed by atoms with Crippen LogP contribution in [0, 0.1) is 11.3 Å². The zero-order chi connectivity index (χ0) is 13.1. The molecular formula is C15H14N4. The molecule has 4 nitrogen and oxygen atoms in total. The minimum Gasteiger partial charge on any atom is -0.310 e. The van der Waals surface area contributed by atoms with Crippen LogP contribution in [0.3, 0.4) is 0 Å². The van der Waals surface area contributed by atoms with E-state index in [0.717, 1.165) is 25.1 Å². The third kappa shape index (κ3) is 2.27. The molecule has 0 radical (unpaired) electrons. The molecule has 0 amide bonds. The summed E-state index contributed by atoms with van der Waals surface area (Å²) < 4.78 is 0. The Balaban J connectivity index is 2.07. The average Bonchev–Trinajstić information content (AvgIpc) is 2.69. The smallest absolute Gasteiger partial charge is 0.231 e.